The van der Waals surface area contributed by atoms with Crippen LogP contribution in [0, 0.1) is 55.4 Å². The smallest absolute Gasteiger partial charge is 0.341 e. The second kappa shape index (κ2) is 40.1. The number of esters is 4. The third kappa shape index (κ3) is 22.3. The zero-order chi connectivity index (χ0) is 70.4. The third-order valence-electron chi connectivity index (χ3n) is 15.8. The minimum Gasteiger partial charge on any atom is -0.462 e. The summed E-state index contributed by atoms with van der Waals surface area (Å²) in [5, 5.41) is 24.1. The third-order valence-corrected chi connectivity index (χ3v) is 15.8. The number of nitrogens with one attached hydrogen (secondary N) is 6. The van der Waals surface area contributed by atoms with Gasteiger partial charge in [0, 0.05) is 78.6 Å². The highest BCUT2D eigenvalue weighted by Crippen LogP contribution is 2.34. The van der Waals surface area contributed by atoms with E-state index in [-0.39, 0.29) is 23.9 Å². The van der Waals surface area contributed by atoms with Crippen LogP contribution in [0.2, 0.25) is 0 Å². The fourth-order valence-electron chi connectivity index (χ4n) is 11.4. The first-order valence-corrected chi connectivity index (χ1v) is 34.2. The summed E-state index contributed by atoms with van der Waals surface area (Å²) < 4.78 is 20.8. The maximum Gasteiger partial charge on any atom is 0.341 e. The van der Waals surface area contributed by atoms with Crippen LogP contribution in [0.4, 0.5) is 22.7 Å². The highest BCUT2D eigenvalue weighted by molar-refractivity contribution is 6.09. The van der Waals surface area contributed by atoms with Crippen LogP contribution in [0.1, 0.15) is 167 Å². The standard InChI is InChI=1S/C21H31N3O2.C20H29N3O2.C18H25N3O2.C17H23N3O2/c1-6-24(7-2)11-9-10-22-20-17-13-15(4)12-16(5)19(17)23-14-18(20)21(25)26-8-3;1-6-25-20(24)17-12-23-18-15(5)10-14(4)11-16(18)19(17)22-9-7-8-21-13(2)3;1-5-23-18(22)15-11-21-16-13(3)9-12(2)10-14(16)17(15)20-8-6-7-19-4;1-4-22-17(21)14-10-20-15-12(3)8-11(2)9-13(15)16(14)19-7-5-6-18/h12-14H,6-11H2,1-5H3,(H,22,23);10-13,21H,6-9H2,1-5H3,(H,22,23);9-11,19H,5-8H2,1-4H3,(H,20,21);8-10H,4-7,18H2,1-3H3,(H,19,20). The molecule has 0 atom stereocenters. The molecule has 0 spiro atoms. The quantitative estimate of drug-likeness (QED) is 0.0125. The van der Waals surface area contributed by atoms with Crippen LogP contribution < -0.4 is 37.6 Å². The number of anilines is 4. The van der Waals surface area contributed by atoms with Gasteiger partial charge in [-0.1, -0.05) is 74.2 Å². The molecule has 96 heavy (non-hydrogen) atoms. The van der Waals surface area contributed by atoms with Crippen molar-refractivity contribution in [3.8, 4) is 0 Å². The van der Waals surface area contributed by atoms with Gasteiger partial charge in [-0.25, -0.2) is 19.2 Å². The van der Waals surface area contributed by atoms with Crippen molar-refractivity contribution in [3.63, 3.8) is 0 Å². The molecule has 4 heterocycles. The minimum absolute atomic E-state index is 0.327. The first kappa shape index (κ1) is 78.1. The zero-order valence-electron chi connectivity index (χ0n) is 60.3. The molecular weight excluding hydrogens is 1210 g/mol. The lowest BCUT2D eigenvalue weighted by atomic mass is 10.0. The number of rotatable bonds is 30. The molecule has 8 aromatic rings. The first-order chi connectivity index (χ1) is 46.1. The molecule has 0 saturated carbocycles. The van der Waals surface area contributed by atoms with Gasteiger partial charge >= 0.3 is 23.9 Å². The normalized spacial score (nSPS) is 11.0. The molecule has 0 amide bonds. The van der Waals surface area contributed by atoms with E-state index in [9.17, 15) is 19.2 Å². The van der Waals surface area contributed by atoms with Crippen molar-refractivity contribution in [3.05, 3.63) is 140 Å². The maximum atomic E-state index is 12.4. The number of carbonyl (C=O) groups excluding carboxylic acids is 4. The molecular formula is C76H108N12O8. The van der Waals surface area contributed by atoms with Crippen molar-refractivity contribution in [2.24, 2.45) is 5.73 Å². The number of pyridine rings is 4. The summed E-state index contributed by atoms with van der Waals surface area (Å²) in [7, 11) is 1.93. The Hall–Kier alpha value is -8.56. The van der Waals surface area contributed by atoms with Crippen LogP contribution in [-0.4, -0.2) is 154 Å². The highest BCUT2D eigenvalue weighted by Gasteiger charge is 2.22. The number of nitrogens with two attached hydrogens (primary N) is 1. The Labute approximate surface area is 569 Å². The number of hydrogen-bond acceptors (Lipinski definition) is 20. The first-order valence-electron chi connectivity index (χ1n) is 34.2. The molecule has 0 bridgehead atoms. The molecule has 20 nitrogen and oxygen atoms in total. The Bertz CT molecular complexity index is 3870. The summed E-state index contributed by atoms with van der Waals surface area (Å²) in [4.78, 5) is 69.5. The van der Waals surface area contributed by atoms with E-state index in [1.54, 1.807) is 38.6 Å². The predicted molar refractivity (Wildman–Crippen MR) is 395 cm³/mol. The Kier molecular flexibility index (Phi) is 32.6. The fourth-order valence-corrected chi connectivity index (χ4v) is 11.4. The summed E-state index contributed by atoms with van der Waals surface area (Å²) in [6.45, 7) is 42.3. The number of benzene rings is 4. The average molecular weight is 1320 g/mol. The molecule has 0 unspecified atom stereocenters. The van der Waals surface area contributed by atoms with E-state index in [0.29, 0.717) is 67.8 Å². The number of aryl methyl sites for hydroxylation is 8. The van der Waals surface area contributed by atoms with E-state index in [2.05, 4.69) is 148 Å². The molecule has 0 aliphatic heterocycles. The fraction of sp³-hybridized carbons (Fsp3) is 0.474. The summed E-state index contributed by atoms with van der Waals surface area (Å²) in [5.41, 5.74) is 23.4. The summed E-state index contributed by atoms with van der Waals surface area (Å²) in [5.74, 6) is -1.35. The number of aromatic nitrogens is 4. The van der Waals surface area contributed by atoms with Crippen molar-refractivity contribution in [1.82, 2.24) is 35.5 Å². The largest absolute Gasteiger partial charge is 0.462 e. The lowest BCUT2D eigenvalue weighted by molar-refractivity contribution is 0.0517. The van der Waals surface area contributed by atoms with Crippen LogP contribution >= 0.6 is 0 Å². The van der Waals surface area contributed by atoms with Crippen molar-refractivity contribution in [2.45, 2.75) is 143 Å². The molecule has 0 fully saturated rings. The van der Waals surface area contributed by atoms with Crippen LogP contribution in [0.5, 0.6) is 0 Å². The molecule has 0 aliphatic carbocycles. The predicted octanol–water partition coefficient (Wildman–Crippen LogP) is 13.8. The molecule has 520 valence electrons. The molecule has 8 N–H and O–H groups in total. The number of nitrogens with zero attached hydrogens (tertiary/aromatic N) is 5. The monoisotopic (exact) mass is 1320 g/mol. The number of hydrogen-bond donors (Lipinski definition) is 7. The SMILES string of the molecule is CCOC(=O)c1cnc2c(C)cc(C)cc2c1NCCCN.CCOC(=O)c1cnc2c(C)cc(C)cc2c1NCCCN(CC)CC.CCOC(=O)c1cnc2c(C)cc(C)cc2c1NCCCNC.CCOC(=O)c1cnc2c(C)cc(C)cc2c1NCCCNC(C)C. The van der Waals surface area contributed by atoms with Crippen molar-refractivity contribution < 1.29 is 38.1 Å². The summed E-state index contributed by atoms with van der Waals surface area (Å²) >= 11 is 0. The Morgan fingerprint density at radius 1 is 0.417 bits per heavy atom. The van der Waals surface area contributed by atoms with Gasteiger partial charge in [0.05, 0.1) is 71.2 Å². The lowest BCUT2D eigenvalue weighted by Gasteiger charge is -2.19. The van der Waals surface area contributed by atoms with Gasteiger partial charge in [-0.2, -0.15) is 0 Å². The molecule has 0 saturated heterocycles. The topological polar surface area (TPSA) is 258 Å². The number of ether oxygens (including phenoxy) is 4. The van der Waals surface area contributed by atoms with Gasteiger partial charge in [0.15, 0.2) is 0 Å². The number of fused-ring (bicyclic) bond motifs is 4. The average Bonchev–Trinajstić information content (AvgIpc) is 0.865. The van der Waals surface area contributed by atoms with Crippen LogP contribution in [-0.2, 0) is 18.9 Å². The second-order valence-electron chi connectivity index (χ2n) is 24.1. The molecule has 4 aromatic heterocycles. The van der Waals surface area contributed by atoms with Crippen LogP contribution in [0.3, 0.4) is 0 Å². The minimum atomic E-state index is -0.355. The van der Waals surface area contributed by atoms with Gasteiger partial charge in [0.2, 0.25) is 0 Å². The summed E-state index contributed by atoms with van der Waals surface area (Å²) in [6.07, 6.45) is 10.2. The Morgan fingerprint density at radius 2 is 0.698 bits per heavy atom. The van der Waals surface area contributed by atoms with Gasteiger partial charge in [0.25, 0.3) is 0 Å². The van der Waals surface area contributed by atoms with Crippen molar-refractivity contribution in [2.75, 3.05) is 120 Å². The van der Waals surface area contributed by atoms with Gasteiger partial charge in [-0.3, -0.25) is 19.9 Å². The van der Waals surface area contributed by atoms with E-state index in [1.165, 1.54) is 0 Å². The van der Waals surface area contributed by atoms with Gasteiger partial charge in [0.1, 0.15) is 22.3 Å². The molecule has 0 aliphatic rings. The van der Waals surface area contributed by atoms with Crippen molar-refractivity contribution >= 4 is 90.2 Å². The maximum absolute atomic E-state index is 12.4. The van der Waals surface area contributed by atoms with Gasteiger partial charge < -0.3 is 61.5 Å². The Morgan fingerprint density at radius 3 is 0.958 bits per heavy atom. The van der Waals surface area contributed by atoms with Crippen LogP contribution in [0.15, 0.2) is 73.3 Å². The highest BCUT2D eigenvalue weighted by atomic mass is 16.5. The lowest BCUT2D eigenvalue weighted by Crippen LogP contribution is -2.25. The van der Waals surface area contributed by atoms with E-state index < -0.39 is 0 Å². The van der Waals surface area contributed by atoms with E-state index in [0.717, 1.165) is 189 Å². The molecule has 8 rings (SSSR count). The molecule has 0 radical (unpaired) electrons. The van der Waals surface area contributed by atoms with Crippen LogP contribution in [0.25, 0.3) is 43.6 Å². The Balaban J connectivity index is 0.000000232. The number of carbonyl (C=O) groups is 4. The molecule has 20 heteroatoms. The van der Waals surface area contributed by atoms with E-state index in [4.69, 9.17) is 24.7 Å². The van der Waals surface area contributed by atoms with E-state index in [1.807, 2.05) is 61.6 Å². The molecule has 4 aromatic carbocycles. The van der Waals surface area contributed by atoms with Gasteiger partial charge in [-0.15, -0.1) is 0 Å². The van der Waals surface area contributed by atoms with Gasteiger partial charge in [-0.05, 0) is 202 Å². The van der Waals surface area contributed by atoms with Crippen molar-refractivity contribution in [1.29, 1.82) is 0 Å². The zero-order valence-corrected chi connectivity index (χ0v) is 60.3. The second-order valence-corrected chi connectivity index (χ2v) is 24.1. The van der Waals surface area contributed by atoms with E-state index >= 15 is 0 Å². The summed E-state index contributed by atoms with van der Waals surface area (Å²) in [6, 6.07) is 17.2.